The maximum atomic E-state index is 12.6. The van der Waals surface area contributed by atoms with Gasteiger partial charge < -0.3 is 14.2 Å². The SMILES string of the molecule is CCOC(=O)[C@@H]1C[C@H]1n1ccc(N(C(=O)OC(C)(C)C)C(=O)OC(C)(C)C)nc1=O. The Hall–Kier alpha value is -2.91. The maximum Gasteiger partial charge on any atom is 0.425 e. The largest absolute Gasteiger partial charge is 0.466 e. The van der Waals surface area contributed by atoms with E-state index in [4.69, 9.17) is 14.2 Å². The zero-order valence-electron chi connectivity index (χ0n) is 18.4. The molecule has 1 heterocycles. The molecule has 1 aliphatic rings. The van der Waals surface area contributed by atoms with Crippen LogP contribution in [0.1, 0.15) is 60.9 Å². The molecule has 2 rings (SSSR count). The molecule has 0 aromatic carbocycles. The Morgan fingerprint density at radius 3 is 2.07 bits per heavy atom. The number of hydrogen-bond acceptors (Lipinski definition) is 8. The van der Waals surface area contributed by atoms with Gasteiger partial charge in [0.25, 0.3) is 0 Å². The van der Waals surface area contributed by atoms with Gasteiger partial charge in [-0.1, -0.05) is 0 Å². The normalized spacial score (nSPS) is 18.4. The third kappa shape index (κ3) is 6.04. The van der Waals surface area contributed by atoms with E-state index in [0.717, 1.165) is 0 Å². The number of ether oxygens (including phenoxy) is 3. The summed E-state index contributed by atoms with van der Waals surface area (Å²) in [5.74, 6) is -1.01. The highest BCUT2D eigenvalue weighted by atomic mass is 16.6. The predicted molar refractivity (Wildman–Crippen MR) is 107 cm³/mol. The Kier molecular flexibility index (Phi) is 6.58. The highest BCUT2D eigenvalue weighted by Crippen LogP contribution is 2.43. The van der Waals surface area contributed by atoms with Crippen molar-refractivity contribution in [3.63, 3.8) is 0 Å². The van der Waals surface area contributed by atoms with Crippen molar-refractivity contribution in [1.29, 1.82) is 0 Å². The van der Waals surface area contributed by atoms with Crippen LogP contribution in [0.4, 0.5) is 15.4 Å². The predicted octanol–water partition coefficient (Wildman–Crippen LogP) is 3.04. The van der Waals surface area contributed by atoms with Crippen molar-refractivity contribution in [2.75, 3.05) is 11.5 Å². The Morgan fingerprint density at radius 2 is 1.63 bits per heavy atom. The summed E-state index contributed by atoms with van der Waals surface area (Å²) in [5.41, 5.74) is -2.47. The molecule has 0 spiro atoms. The van der Waals surface area contributed by atoms with Crippen LogP contribution >= 0.6 is 0 Å². The Morgan fingerprint density at radius 1 is 1.10 bits per heavy atom. The fraction of sp³-hybridized carbons (Fsp3) is 0.650. The van der Waals surface area contributed by atoms with Crippen molar-refractivity contribution < 1.29 is 28.6 Å². The smallest absolute Gasteiger partial charge is 0.425 e. The van der Waals surface area contributed by atoms with E-state index in [2.05, 4.69) is 4.98 Å². The minimum Gasteiger partial charge on any atom is -0.466 e. The molecule has 0 radical (unpaired) electrons. The second kappa shape index (κ2) is 8.45. The summed E-state index contributed by atoms with van der Waals surface area (Å²) < 4.78 is 16.8. The topological polar surface area (TPSA) is 117 Å². The lowest BCUT2D eigenvalue weighted by Gasteiger charge is -2.28. The number of carbonyl (C=O) groups excluding carboxylic acids is 3. The van der Waals surface area contributed by atoms with E-state index >= 15 is 0 Å². The number of hydrogen-bond donors (Lipinski definition) is 0. The highest BCUT2D eigenvalue weighted by molar-refractivity contribution is 6.08. The Balaban J connectivity index is 2.31. The molecule has 1 aromatic rings. The van der Waals surface area contributed by atoms with Crippen LogP contribution < -0.4 is 10.6 Å². The van der Waals surface area contributed by atoms with Gasteiger partial charge in [-0.05, 0) is 61.0 Å². The van der Waals surface area contributed by atoms with Crippen molar-refractivity contribution in [2.45, 2.75) is 72.1 Å². The molecule has 0 aliphatic heterocycles. The first-order valence-electron chi connectivity index (χ1n) is 9.75. The summed E-state index contributed by atoms with van der Waals surface area (Å²) in [6.45, 7) is 11.8. The van der Waals surface area contributed by atoms with E-state index in [1.54, 1.807) is 48.5 Å². The minimum absolute atomic E-state index is 0.229. The average Bonchev–Trinajstić information content (AvgIpc) is 3.32. The quantitative estimate of drug-likeness (QED) is 0.536. The summed E-state index contributed by atoms with van der Waals surface area (Å²) in [5, 5.41) is 0. The summed E-state index contributed by atoms with van der Waals surface area (Å²) in [4.78, 5) is 54.1. The third-order valence-corrected chi connectivity index (χ3v) is 3.90. The maximum absolute atomic E-state index is 12.6. The van der Waals surface area contributed by atoms with Crippen molar-refractivity contribution in [3.05, 3.63) is 22.7 Å². The summed E-state index contributed by atoms with van der Waals surface area (Å²) in [6, 6.07) is 0.963. The molecule has 0 unspecified atom stereocenters. The van der Waals surface area contributed by atoms with Gasteiger partial charge in [0, 0.05) is 6.20 Å². The van der Waals surface area contributed by atoms with Gasteiger partial charge in [-0.3, -0.25) is 9.36 Å². The molecule has 10 nitrogen and oxygen atoms in total. The van der Waals surface area contributed by atoms with Gasteiger partial charge in [0.1, 0.15) is 11.2 Å². The van der Waals surface area contributed by atoms with Crippen LogP contribution in [0.2, 0.25) is 0 Å². The second-order valence-corrected chi connectivity index (χ2v) is 8.93. The molecule has 1 aromatic heterocycles. The van der Waals surface area contributed by atoms with Crippen LogP contribution in [0, 0.1) is 5.92 Å². The molecular weight excluding hydrogens is 394 g/mol. The Labute approximate surface area is 175 Å². The first-order valence-corrected chi connectivity index (χ1v) is 9.75. The zero-order valence-corrected chi connectivity index (χ0v) is 18.4. The number of nitrogens with zero attached hydrogens (tertiary/aromatic N) is 3. The van der Waals surface area contributed by atoms with Crippen LogP contribution in [-0.2, 0) is 19.0 Å². The monoisotopic (exact) mass is 423 g/mol. The fourth-order valence-electron chi connectivity index (χ4n) is 2.65. The van der Waals surface area contributed by atoms with Crippen LogP contribution in [-0.4, -0.2) is 45.5 Å². The lowest BCUT2D eigenvalue weighted by atomic mass is 10.2. The van der Waals surface area contributed by atoms with E-state index in [9.17, 15) is 19.2 Å². The molecule has 1 aliphatic carbocycles. The number of esters is 1. The molecule has 0 saturated heterocycles. The van der Waals surface area contributed by atoms with E-state index in [-0.39, 0.29) is 24.4 Å². The van der Waals surface area contributed by atoms with Crippen molar-refractivity contribution in [2.24, 2.45) is 5.92 Å². The molecule has 1 fully saturated rings. The van der Waals surface area contributed by atoms with Crippen LogP contribution in [0.15, 0.2) is 17.1 Å². The summed E-state index contributed by atoms with van der Waals surface area (Å²) in [7, 11) is 0. The zero-order chi connectivity index (χ0) is 22.9. The van der Waals surface area contributed by atoms with Gasteiger partial charge in [-0.25, -0.2) is 14.4 Å². The summed E-state index contributed by atoms with van der Waals surface area (Å²) >= 11 is 0. The van der Waals surface area contributed by atoms with Gasteiger partial charge >= 0.3 is 23.8 Å². The standard InChI is InChI=1S/C20H29N3O7/c1-8-28-15(24)12-11-13(12)22-10-9-14(21-16(22)25)23(17(26)29-19(2,3)4)18(27)30-20(5,6)7/h9-10,12-13H,8,11H2,1-7H3/t12-,13-/m1/s1. The molecule has 0 N–H and O–H groups in total. The lowest BCUT2D eigenvalue weighted by Crippen LogP contribution is -2.45. The van der Waals surface area contributed by atoms with E-state index < -0.39 is 35.0 Å². The fourth-order valence-corrected chi connectivity index (χ4v) is 2.65. The number of aromatic nitrogens is 2. The van der Waals surface area contributed by atoms with E-state index in [0.29, 0.717) is 11.3 Å². The molecule has 10 heteroatoms. The molecule has 30 heavy (non-hydrogen) atoms. The molecular formula is C20H29N3O7. The van der Waals surface area contributed by atoms with E-state index in [1.165, 1.54) is 16.8 Å². The number of anilines is 1. The number of imide groups is 1. The Bertz CT molecular complexity index is 852. The molecule has 2 amide bonds. The molecule has 1 saturated carbocycles. The van der Waals surface area contributed by atoms with Crippen molar-refractivity contribution in [3.8, 4) is 0 Å². The molecule has 2 atom stereocenters. The van der Waals surface area contributed by atoms with Crippen LogP contribution in [0.25, 0.3) is 0 Å². The molecule has 166 valence electrons. The number of rotatable bonds is 4. The van der Waals surface area contributed by atoms with Gasteiger partial charge in [0.2, 0.25) is 0 Å². The van der Waals surface area contributed by atoms with Gasteiger partial charge in [0.05, 0.1) is 18.6 Å². The van der Waals surface area contributed by atoms with Gasteiger partial charge in [-0.2, -0.15) is 9.88 Å². The second-order valence-electron chi connectivity index (χ2n) is 8.93. The van der Waals surface area contributed by atoms with Gasteiger partial charge in [-0.15, -0.1) is 0 Å². The highest BCUT2D eigenvalue weighted by Gasteiger charge is 2.46. The van der Waals surface area contributed by atoms with E-state index in [1.807, 2.05) is 0 Å². The summed E-state index contributed by atoms with van der Waals surface area (Å²) in [6.07, 6.45) is -0.188. The number of carbonyl (C=O) groups is 3. The first kappa shape index (κ1) is 23.4. The molecule has 0 bridgehead atoms. The average molecular weight is 423 g/mol. The first-order chi connectivity index (χ1) is 13.7. The van der Waals surface area contributed by atoms with Crippen molar-refractivity contribution >= 4 is 24.0 Å². The van der Waals surface area contributed by atoms with Crippen LogP contribution in [0.5, 0.6) is 0 Å². The van der Waals surface area contributed by atoms with Crippen LogP contribution in [0.3, 0.4) is 0 Å². The third-order valence-electron chi connectivity index (χ3n) is 3.90. The lowest BCUT2D eigenvalue weighted by molar-refractivity contribution is -0.144. The van der Waals surface area contributed by atoms with Crippen molar-refractivity contribution in [1.82, 2.24) is 9.55 Å². The minimum atomic E-state index is -1.02. The number of amides is 2. The van der Waals surface area contributed by atoms with Gasteiger partial charge in [0.15, 0.2) is 5.82 Å².